The van der Waals surface area contributed by atoms with Gasteiger partial charge in [-0.15, -0.1) is 0 Å². The third-order valence-electron chi connectivity index (χ3n) is 2.80. The van der Waals surface area contributed by atoms with E-state index in [9.17, 15) is 4.79 Å². The zero-order valence-electron chi connectivity index (χ0n) is 11.6. The van der Waals surface area contributed by atoms with Crippen LogP contribution in [0, 0.1) is 0 Å². The first-order valence-electron chi connectivity index (χ1n) is 6.83. The molecule has 0 radical (unpaired) electrons. The summed E-state index contributed by atoms with van der Waals surface area (Å²) in [5.41, 5.74) is 0.294. The summed E-state index contributed by atoms with van der Waals surface area (Å²) in [6.45, 7) is 4.95. The minimum atomic E-state index is -0.258. The molecule has 110 valence electrons. The molecule has 0 bridgehead atoms. The van der Waals surface area contributed by atoms with Crippen molar-refractivity contribution in [1.29, 1.82) is 0 Å². The molecule has 1 aromatic heterocycles. The highest BCUT2D eigenvalue weighted by atomic mass is 16.6. The number of carbonyl (C=O) groups excluding carboxylic acids is 1. The lowest BCUT2D eigenvalue weighted by molar-refractivity contribution is -0.0855. The van der Waals surface area contributed by atoms with Crippen LogP contribution in [-0.2, 0) is 9.47 Å². The van der Waals surface area contributed by atoms with Crippen molar-refractivity contribution < 1.29 is 14.3 Å². The van der Waals surface area contributed by atoms with E-state index in [0.29, 0.717) is 37.9 Å². The molecule has 1 aromatic rings. The first-order chi connectivity index (χ1) is 9.79. The number of nitrogens with zero attached hydrogens (tertiary/aromatic N) is 2. The highest BCUT2D eigenvalue weighted by molar-refractivity contribution is 5.92. The molecule has 1 atom stereocenters. The summed E-state index contributed by atoms with van der Waals surface area (Å²) in [7, 11) is 0. The van der Waals surface area contributed by atoms with Crippen molar-refractivity contribution in [2.75, 3.05) is 38.2 Å². The van der Waals surface area contributed by atoms with Gasteiger partial charge in [-0.05, 0) is 6.42 Å². The van der Waals surface area contributed by atoms with Crippen molar-refractivity contribution in [3.63, 3.8) is 0 Å². The number of anilines is 1. The monoisotopic (exact) mass is 280 g/mol. The zero-order valence-corrected chi connectivity index (χ0v) is 11.6. The molecule has 0 spiro atoms. The SMILES string of the molecule is CCCNc1cncc(C(=O)NCC2COCCO2)n1. The molecule has 1 amide bonds. The van der Waals surface area contributed by atoms with Crippen LogP contribution < -0.4 is 10.6 Å². The van der Waals surface area contributed by atoms with E-state index in [-0.39, 0.29) is 12.0 Å². The van der Waals surface area contributed by atoms with Crippen LogP contribution in [0.25, 0.3) is 0 Å². The second kappa shape index (κ2) is 7.76. The Morgan fingerprint density at radius 1 is 1.45 bits per heavy atom. The average molecular weight is 280 g/mol. The molecule has 0 aromatic carbocycles. The number of aromatic nitrogens is 2. The van der Waals surface area contributed by atoms with Gasteiger partial charge in [0.25, 0.3) is 5.91 Å². The van der Waals surface area contributed by atoms with Gasteiger partial charge in [0.15, 0.2) is 0 Å². The molecule has 2 rings (SSSR count). The van der Waals surface area contributed by atoms with Gasteiger partial charge in [-0.2, -0.15) is 0 Å². The van der Waals surface area contributed by atoms with Gasteiger partial charge in [0.1, 0.15) is 11.5 Å². The largest absolute Gasteiger partial charge is 0.376 e. The van der Waals surface area contributed by atoms with Crippen molar-refractivity contribution in [3.05, 3.63) is 18.1 Å². The maximum absolute atomic E-state index is 12.0. The molecule has 0 saturated carbocycles. The van der Waals surface area contributed by atoms with Crippen LogP contribution in [-0.4, -0.2) is 54.9 Å². The van der Waals surface area contributed by atoms with Crippen molar-refractivity contribution in [3.8, 4) is 0 Å². The zero-order chi connectivity index (χ0) is 14.2. The number of carbonyl (C=O) groups is 1. The van der Waals surface area contributed by atoms with Gasteiger partial charge < -0.3 is 20.1 Å². The Bertz CT molecular complexity index is 435. The minimum Gasteiger partial charge on any atom is -0.376 e. The Hall–Kier alpha value is -1.73. The van der Waals surface area contributed by atoms with Gasteiger partial charge >= 0.3 is 0 Å². The van der Waals surface area contributed by atoms with Gasteiger partial charge in [-0.1, -0.05) is 6.92 Å². The minimum absolute atomic E-state index is 0.0953. The second-order valence-electron chi connectivity index (χ2n) is 4.49. The Labute approximate surface area is 118 Å². The maximum Gasteiger partial charge on any atom is 0.271 e. The highest BCUT2D eigenvalue weighted by Gasteiger charge is 2.16. The van der Waals surface area contributed by atoms with Crippen LogP contribution in [0.2, 0.25) is 0 Å². The maximum atomic E-state index is 12.0. The fraction of sp³-hybridized carbons (Fsp3) is 0.615. The van der Waals surface area contributed by atoms with Crippen LogP contribution in [0.5, 0.6) is 0 Å². The normalized spacial score (nSPS) is 18.6. The number of nitrogens with one attached hydrogen (secondary N) is 2. The topological polar surface area (TPSA) is 85.4 Å². The van der Waals surface area contributed by atoms with Crippen molar-refractivity contribution in [2.45, 2.75) is 19.4 Å². The lowest BCUT2D eigenvalue weighted by Gasteiger charge is -2.22. The Kier molecular flexibility index (Phi) is 5.69. The van der Waals surface area contributed by atoms with E-state index in [0.717, 1.165) is 13.0 Å². The smallest absolute Gasteiger partial charge is 0.271 e. The van der Waals surface area contributed by atoms with E-state index < -0.39 is 0 Å². The molecule has 2 N–H and O–H groups in total. The van der Waals surface area contributed by atoms with Gasteiger partial charge in [0, 0.05) is 13.1 Å². The number of hydrogen-bond acceptors (Lipinski definition) is 6. The summed E-state index contributed by atoms with van der Waals surface area (Å²) >= 11 is 0. The molecule has 1 saturated heterocycles. The first-order valence-corrected chi connectivity index (χ1v) is 6.83. The van der Waals surface area contributed by atoms with Crippen LogP contribution in [0.1, 0.15) is 23.8 Å². The van der Waals surface area contributed by atoms with E-state index in [1.807, 2.05) is 0 Å². The van der Waals surface area contributed by atoms with E-state index in [1.165, 1.54) is 6.20 Å². The van der Waals surface area contributed by atoms with Crippen molar-refractivity contribution in [1.82, 2.24) is 15.3 Å². The summed E-state index contributed by atoms with van der Waals surface area (Å²) < 4.78 is 10.7. The Morgan fingerprint density at radius 2 is 2.35 bits per heavy atom. The lowest BCUT2D eigenvalue weighted by Crippen LogP contribution is -2.40. The summed E-state index contributed by atoms with van der Waals surface area (Å²) in [6, 6.07) is 0. The Balaban J connectivity index is 1.84. The van der Waals surface area contributed by atoms with Crippen LogP contribution in [0.15, 0.2) is 12.4 Å². The van der Waals surface area contributed by atoms with Gasteiger partial charge in [-0.25, -0.2) is 4.98 Å². The van der Waals surface area contributed by atoms with Crippen LogP contribution in [0.4, 0.5) is 5.82 Å². The number of hydrogen-bond donors (Lipinski definition) is 2. The van der Waals surface area contributed by atoms with Crippen molar-refractivity contribution in [2.24, 2.45) is 0 Å². The number of ether oxygens (including phenoxy) is 2. The van der Waals surface area contributed by atoms with Gasteiger partial charge in [0.05, 0.1) is 38.3 Å². The third kappa shape index (κ3) is 4.43. The van der Waals surface area contributed by atoms with Crippen molar-refractivity contribution >= 4 is 11.7 Å². The molecule has 0 aliphatic carbocycles. The van der Waals surface area contributed by atoms with E-state index in [2.05, 4.69) is 27.5 Å². The molecular formula is C13H20N4O3. The van der Waals surface area contributed by atoms with E-state index >= 15 is 0 Å². The first kappa shape index (κ1) is 14.7. The molecule has 1 aliphatic rings. The predicted octanol–water partition coefficient (Wildman–Crippen LogP) is 0.444. The van der Waals surface area contributed by atoms with Crippen LogP contribution >= 0.6 is 0 Å². The molecular weight excluding hydrogens is 260 g/mol. The third-order valence-corrected chi connectivity index (χ3v) is 2.80. The molecule has 1 fully saturated rings. The molecule has 7 nitrogen and oxygen atoms in total. The van der Waals surface area contributed by atoms with Crippen LogP contribution in [0.3, 0.4) is 0 Å². The van der Waals surface area contributed by atoms with E-state index in [1.54, 1.807) is 6.20 Å². The van der Waals surface area contributed by atoms with Gasteiger partial charge in [0.2, 0.25) is 0 Å². The van der Waals surface area contributed by atoms with Gasteiger partial charge in [-0.3, -0.25) is 9.78 Å². The molecule has 20 heavy (non-hydrogen) atoms. The quantitative estimate of drug-likeness (QED) is 0.786. The highest BCUT2D eigenvalue weighted by Crippen LogP contribution is 2.03. The molecule has 1 unspecified atom stereocenters. The predicted molar refractivity (Wildman–Crippen MR) is 73.7 cm³/mol. The standard InChI is InChI=1S/C13H20N4O3/c1-2-3-15-12-8-14-7-11(17-12)13(18)16-6-10-9-19-4-5-20-10/h7-8,10H,2-6,9H2,1H3,(H,15,17)(H,16,18). The molecule has 1 aliphatic heterocycles. The fourth-order valence-electron chi connectivity index (χ4n) is 1.77. The fourth-order valence-corrected chi connectivity index (χ4v) is 1.77. The number of amides is 1. The molecule has 2 heterocycles. The summed E-state index contributed by atoms with van der Waals surface area (Å²) in [5, 5.41) is 5.87. The summed E-state index contributed by atoms with van der Waals surface area (Å²) in [5.74, 6) is 0.351. The van der Waals surface area contributed by atoms with E-state index in [4.69, 9.17) is 9.47 Å². The Morgan fingerprint density at radius 3 is 3.10 bits per heavy atom. The second-order valence-corrected chi connectivity index (χ2v) is 4.49. The average Bonchev–Trinajstić information content (AvgIpc) is 2.52. The lowest BCUT2D eigenvalue weighted by atomic mass is 10.3. The summed E-state index contributed by atoms with van der Waals surface area (Å²) in [6.07, 6.45) is 3.94. The number of rotatable bonds is 6. The molecule has 7 heteroatoms. The summed E-state index contributed by atoms with van der Waals surface area (Å²) in [4.78, 5) is 20.2.